The van der Waals surface area contributed by atoms with E-state index in [0.29, 0.717) is 12.6 Å². The lowest BCUT2D eigenvalue weighted by molar-refractivity contribution is 0.00531. The number of aryl methyl sites for hydroxylation is 1. The highest BCUT2D eigenvalue weighted by Crippen LogP contribution is 2.30. The Hall–Kier alpha value is -0.580. The molecule has 0 unspecified atom stereocenters. The fourth-order valence-electron chi connectivity index (χ4n) is 2.18. The molecule has 1 aromatic carbocycles. The third-order valence-corrected chi connectivity index (χ3v) is 4.44. The van der Waals surface area contributed by atoms with Crippen molar-refractivity contribution in [1.82, 2.24) is 5.32 Å². The van der Waals surface area contributed by atoms with Gasteiger partial charge in [0.1, 0.15) is 5.75 Å². The quantitative estimate of drug-likeness (QED) is 0.757. The highest BCUT2D eigenvalue weighted by atomic mass is 79.9. The summed E-state index contributed by atoms with van der Waals surface area (Å²) in [5.41, 5.74) is 2.26. The Kier molecular flexibility index (Phi) is 5.69. The third-order valence-electron chi connectivity index (χ3n) is 3.98. The van der Waals surface area contributed by atoms with Crippen molar-refractivity contribution >= 4 is 15.9 Å². The number of hydrogen-bond donors (Lipinski definition) is 1. The SMILES string of the molecule is COC(C)(C)CCOc1c(C)cc(Br)cc1CNC1CC1. The Balaban J connectivity index is 2.01. The zero-order valence-corrected chi connectivity index (χ0v) is 15.0. The van der Waals surface area contributed by atoms with E-state index >= 15 is 0 Å². The summed E-state index contributed by atoms with van der Waals surface area (Å²) < 4.78 is 12.6. The normalized spacial score (nSPS) is 15.3. The van der Waals surface area contributed by atoms with Crippen LogP contribution in [0.15, 0.2) is 16.6 Å². The molecule has 1 saturated carbocycles. The first-order valence-electron chi connectivity index (χ1n) is 7.61. The van der Waals surface area contributed by atoms with Gasteiger partial charge in [0.05, 0.1) is 12.2 Å². The molecule has 0 amide bonds. The van der Waals surface area contributed by atoms with Gasteiger partial charge in [-0.2, -0.15) is 0 Å². The van der Waals surface area contributed by atoms with Gasteiger partial charge in [-0.25, -0.2) is 0 Å². The molecule has 0 bridgehead atoms. The minimum Gasteiger partial charge on any atom is -0.493 e. The smallest absolute Gasteiger partial charge is 0.126 e. The molecule has 2 rings (SSSR count). The maximum atomic E-state index is 6.07. The zero-order chi connectivity index (χ0) is 15.5. The minimum atomic E-state index is -0.143. The summed E-state index contributed by atoms with van der Waals surface area (Å²) in [6.07, 6.45) is 3.46. The third kappa shape index (κ3) is 5.28. The first-order chi connectivity index (χ1) is 9.91. The van der Waals surface area contributed by atoms with E-state index in [2.05, 4.69) is 54.2 Å². The van der Waals surface area contributed by atoms with E-state index in [-0.39, 0.29) is 5.60 Å². The molecule has 1 aliphatic carbocycles. The fraction of sp³-hybridized carbons (Fsp3) is 0.647. The van der Waals surface area contributed by atoms with Crippen LogP contribution in [0.2, 0.25) is 0 Å². The van der Waals surface area contributed by atoms with E-state index < -0.39 is 0 Å². The lowest BCUT2D eigenvalue weighted by atomic mass is 10.1. The maximum absolute atomic E-state index is 6.07. The van der Waals surface area contributed by atoms with Gasteiger partial charge in [0.2, 0.25) is 0 Å². The van der Waals surface area contributed by atoms with Gasteiger partial charge < -0.3 is 14.8 Å². The standard InChI is InChI=1S/C17H26BrNO2/c1-12-9-14(18)10-13(11-19-15-5-6-15)16(12)21-8-7-17(2,3)20-4/h9-10,15,19H,5-8,11H2,1-4H3. The summed E-state index contributed by atoms with van der Waals surface area (Å²) in [6.45, 7) is 7.80. The summed E-state index contributed by atoms with van der Waals surface area (Å²) in [4.78, 5) is 0. The van der Waals surface area contributed by atoms with Crippen LogP contribution in [0.25, 0.3) is 0 Å². The van der Waals surface area contributed by atoms with Crippen LogP contribution < -0.4 is 10.1 Å². The van der Waals surface area contributed by atoms with Crippen molar-refractivity contribution in [2.75, 3.05) is 13.7 Å². The molecule has 1 aliphatic rings. The topological polar surface area (TPSA) is 30.5 Å². The molecule has 118 valence electrons. The highest BCUT2D eigenvalue weighted by Gasteiger charge is 2.21. The van der Waals surface area contributed by atoms with Gasteiger partial charge in [0.15, 0.2) is 0 Å². The second-order valence-electron chi connectivity index (χ2n) is 6.43. The first-order valence-corrected chi connectivity index (χ1v) is 8.41. The zero-order valence-electron chi connectivity index (χ0n) is 13.5. The van der Waals surface area contributed by atoms with E-state index in [1.165, 1.54) is 24.0 Å². The molecule has 1 fully saturated rings. The van der Waals surface area contributed by atoms with Crippen molar-refractivity contribution in [3.8, 4) is 5.75 Å². The van der Waals surface area contributed by atoms with Crippen LogP contribution in [0, 0.1) is 6.92 Å². The van der Waals surface area contributed by atoms with Crippen molar-refractivity contribution in [1.29, 1.82) is 0 Å². The number of nitrogens with one attached hydrogen (secondary N) is 1. The Morgan fingerprint density at radius 2 is 2.05 bits per heavy atom. The van der Waals surface area contributed by atoms with Gasteiger partial charge in [-0.05, 0) is 51.3 Å². The van der Waals surface area contributed by atoms with E-state index in [9.17, 15) is 0 Å². The molecule has 0 saturated heterocycles. The number of methoxy groups -OCH3 is 1. The van der Waals surface area contributed by atoms with Crippen LogP contribution in [0.5, 0.6) is 5.75 Å². The van der Waals surface area contributed by atoms with Gasteiger partial charge in [-0.15, -0.1) is 0 Å². The molecule has 0 spiro atoms. The summed E-state index contributed by atoms with van der Waals surface area (Å²) in [5.74, 6) is 1.01. The molecule has 0 aliphatic heterocycles. The largest absolute Gasteiger partial charge is 0.493 e. The molecule has 1 aromatic rings. The van der Waals surface area contributed by atoms with Gasteiger partial charge in [-0.3, -0.25) is 0 Å². The van der Waals surface area contributed by atoms with Crippen LogP contribution in [-0.4, -0.2) is 25.4 Å². The van der Waals surface area contributed by atoms with Gasteiger partial charge in [0.25, 0.3) is 0 Å². The molecule has 21 heavy (non-hydrogen) atoms. The highest BCUT2D eigenvalue weighted by molar-refractivity contribution is 9.10. The molecule has 1 N–H and O–H groups in total. The Morgan fingerprint density at radius 1 is 1.33 bits per heavy atom. The van der Waals surface area contributed by atoms with Crippen molar-refractivity contribution in [3.05, 3.63) is 27.7 Å². The molecule has 0 radical (unpaired) electrons. The molecule has 0 aromatic heterocycles. The van der Waals surface area contributed by atoms with Crippen molar-refractivity contribution in [3.63, 3.8) is 0 Å². The van der Waals surface area contributed by atoms with Crippen molar-refractivity contribution in [2.45, 2.75) is 58.2 Å². The van der Waals surface area contributed by atoms with Crippen LogP contribution in [-0.2, 0) is 11.3 Å². The Morgan fingerprint density at radius 3 is 2.67 bits per heavy atom. The molecule has 0 heterocycles. The average molecular weight is 356 g/mol. The maximum Gasteiger partial charge on any atom is 0.126 e. The van der Waals surface area contributed by atoms with Gasteiger partial charge in [-0.1, -0.05) is 15.9 Å². The van der Waals surface area contributed by atoms with E-state index in [1.54, 1.807) is 7.11 Å². The number of ether oxygens (including phenoxy) is 2. The van der Waals surface area contributed by atoms with Crippen LogP contribution >= 0.6 is 15.9 Å². The van der Waals surface area contributed by atoms with E-state index in [4.69, 9.17) is 9.47 Å². The number of halogens is 1. The fourth-order valence-corrected chi connectivity index (χ4v) is 2.80. The summed E-state index contributed by atoms with van der Waals surface area (Å²) >= 11 is 3.58. The van der Waals surface area contributed by atoms with E-state index in [0.717, 1.165) is 23.2 Å². The molecule has 3 nitrogen and oxygen atoms in total. The van der Waals surface area contributed by atoms with Crippen molar-refractivity contribution < 1.29 is 9.47 Å². The summed E-state index contributed by atoms with van der Waals surface area (Å²) in [6, 6.07) is 4.96. The summed E-state index contributed by atoms with van der Waals surface area (Å²) in [5, 5.41) is 3.56. The molecular formula is C17H26BrNO2. The Labute approximate surface area is 136 Å². The molecule has 4 heteroatoms. The second kappa shape index (κ2) is 7.12. The minimum absolute atomic E-state index is 0.143. The lowest BCUT2D eigenvalue weighted by Gasteiger charge is -2.23. The summed E-state index contributed by atoms with van der Waals surface area (Å²) in [7, 11) is 1.75. The van der Waals surface area contributed by atoms with Crippen LogP contribution in [0.1, 0.15) is 44.2 Å². The molecular weight excluding hydrogens is 330 g/mol. The predicted octanol–water partition coefficient (Wildman–Crippen LogP) is 4.20. The van der Waals surface area contributed by atoms with Gasteiger partial charge >= 0.3 is 0 Å². The first kappa shape index (κ1) is 16.8. The van der Waals surface area contributed by atoms with Crippen molar-refractivity contribution in [2.24, 2.45) is 0 Å². The van der Waals surface area contributed by atoms with Gasteiger partial charge in [0, 0.05) is 36.2 Å². The van der Waals surface area contributed by atoms with Crippen LogP contribution in [0.3, 0.4) is 0 Å². The number of rotatable bonds is 8. The monoisotopic (exact) mass is 355 g/mol. The molecule has 0 atom stereocenters. The average Bonchev–Trinajstić information content (AvgIpc) is 3.23. The predicted molar refractivity (Wildman–Crippen MR) is 89.9 cm³/mol. The van der Waals surface area contributed by atoms with E-state index in [1.807, 2.05) is 0 Å². The number of benzene rings is 1. The van der Waals surface area contributed by atoms with Crippen LogP contribution in [0.4, 0.5) is 0 Å². The Bertz CT molecular complexity index is 484. The lowest BCUT2D eigenvalue weighted by Crippen LogP contribution is -2.25. The number of hydrogen-bond acceptors (Lipinski definition) is 3. The second-order valence-corrected chi connectivity index (χ2v) is 7.34.